The highest BCUT2D eigenvalue weighted by molar-refractivity contribution is 6.08. The molecule has 2 aromatic rings. The van der Waals surface area contributed by atoms with Crippen molar-refractivity contribution in [2.75, 3.05) is 0 Å². The summed E-state index contributed by atoms with van der Waals surface area (Å²) in [5.74, 6) is -0.490. The second-order valence-corrected chi connectivity index (χ2v) is 3.27. The van der Waals surface area contributed by atoms with Crippen LogP contribution in [0.1, 0.15) is 21.7 Å². The van der Waals surface area contributed by atoms with Crippen molar-refractivity contribution in [2.24, 2.45) is 0 Å². The second-order valence-electron chi connectivity index (χ2n) is 3.27. The molecule has 0 saturated carbocycles. The van der Waals surface area contributed by atoms with Crippen molar-refractivity contribution in [2.45, 2.75) is 6.92 Å². The average molecular weight is 204 g/mol. The number of halogens is 1. The molecule has 0 aliphatic carbocycles. The normalized spacial score (nSPS) is 10.3. The highest BCUT2D eigenvalue weighted by Gasteiger charge is 2.14. The van der Waals surface area contributed by atoms with Crippen molar-refractivity contribution in [1.82, 2.24) is 0 Å². The fourth-order valence-corrected chi connectivity index (χ4v) is 1.38. The third-order valence-electron chi connectivity index (χ3n) is 2.19. The van der Waals surface area contributed by atoms with Crippen molar-refractivity contribution in [3.63, 3.8) is 0 Å². The molecule has 1 heterocycles. The lowest BCUT2D eigenvalue weighted by molar-refractivity contribution is 0.101. The van der Waals surface area contributed by atoms with Crippen LogP contribution in [0.2, 0.25) is 0 Å². The molecule has 0 saturated heterocycles. The minimum atomic E-state index is -0.421. The van der Waals surface area contributed by atoms with Crippen molar-refractivity contribution in [1.29, 1.82) is 0 Å². The van der Waals surface area contributed by atoms with Gasteiger partial charge in [0.05, 0.1) is 6.26 Å². The topological polar surface area (TPSA) is 30.2 Å². The van der Waals surface area contributed by atoms with E-state index in [2.05, 4.69) is 0 Å². The van der Waals surface area contributed by atoms with Gasteiger partial charge in [-0.1, -0.05) is 6.07 Å². The molecule has 0 aliphatic heterocycles. The summed E-state index contributed by atoms with van der Waals surface area (Å²) in [5.41, 5.74) is 1.07. The smallest absolute Gasteiger partial charge is 0.228 e. The van der Waals surface area contributed by atoms with E-state index in [0.29, 0.717) is 5.56 Å². The molecule has 0 unspecified atom stereocenters. The Labute approximate surface area is 86.3 Å². The lowest BCUT2D eigenvalue weighted by Crippen LogP contribution is -2.02. The van der Waals surface area contributed by atoms with Gasteiger partial charge in [0.2, 0.25) is 5.78 Å². The van der Waals surface area contributed by atoms with Gasteiger partial charge in [0.25, 0.3) is 0 Å². The molecular weight excluding hydrogens is 195 g/mol. The van der Waals surface area contributed by atoms with E-state index in [1.54, 1.807) is 25.1 Å². The third kappa shape index (κ3) is 1.81. The molecule has 0 radical (unpaired) electrons. The van der Waals surface area contributed by atoms with Gasteiger partial charge in [0.15, 0.2) is 5.76 Å². The SMILES string of the molecule is Cc1ccc(F)cc1C(=O)c1ccco1. The molecule has 0 atom stereocenters. The van der Waals surface area contributed by atoms with Crippen LogP contribution in [0.25, 0.3) is 0 Å². The number of aryl methyl sites for hydroxylation is 1. The first-order valence-corrected chi connectivity index (χ1v) is 4.53. The van der Waals surface area contributed by atoms with Gasteiger partial charge in [0.1, 0.15) is 5.82 Å². The van der Waals surface area contributed by atoms with Crippen molar-refractivity contribution in [3.8, 4) is 0 Å². The summed E-state index contributed by atoms with van der Waals surface area (Å²) >= 11 is 0. The number of rotatable bonds is 2. The monoisotopic (exact) mass is 204 g/mol. The Bertz CT molecular complexity index is 486. The maximum absolute atomic E-state index is 13.0. The zero-order valence-electron chi connectivity index (χ0n) is 8.16. The number of ketones is 1. The Hall–Kier alpha value is -1.90. The van der Waals surface area contributed by atoms with Crippen molar-refractivity contribution < 1.29 is 13.6 Å². The van der Waals surface area contributed by atoms with Crippen LogP contribution < -0.4 is 0 Å². The third-order valence-corrected chi connectivity index (χ3v) is 2.19. The maximum atomic E-state index is 13.0. The fourth-order valence-electron chi connectivity index (χ4n) is 1.38. The number of furan rings is 1. The largest absolute Gasteiger partial charge is 0.461 e. The lowest BCUT2D eigenvalue weighted by atomic mass is 10.0. The quantitative estimate of drug-likeness (QED) is 0.704. The first kappa shape index (κ1) is 9.65. The summed E-state index contributed by atoms with van der Waals surface area (Å²) in [7, 11) is 0. The first-order chi connectivity index (χ1) is 7.18. The van der Waals surface area contributed by atoms with Gasteiger partial charge in [-0.25, -0.2) is 4.39 Å². The van der Waals surface area contributed by atoms with E-state index in [0.717, 1.165) is 5.56 Å². The Morgan fingerprint density at radius 1 is 1.33 bits per heavy atom. The van der Waals surface area contributed by atoms with Gasteiger partial charge < -0.3 is 4.42 Å². The van der Waals surface area contributed by atoms with E-state index in [1.165, 1.54) is 18.4 Å². The predicted octanol–water partition coefficient (Wildman–Crippen LogP) is 2.96. The van der Waals surface area contributed by atoms with E-state index >= 15 is 0 Å². The van der Waals surface area contributed by atoms with Crippen LogP contribution in [0.5, 0.6) is 0 Å². The van der Waals surface area contributed by atoms with Gasteiger partial charge in [0, 0.05) is 5.56 Å². The molecule has 2 nitrogen and oxygen atoms in total. The molecule has 0 amide bonds. The van der Waals surface area contributed by atoms with Gasteiger partial charge in [-0.05, 0) is 36.8 Å². The van der Waals surface area contributed by atoms with E-state index in [9.17, 15) is 9.18 Å². The number of hydrogen-bond donors (Lipinski definition) is 0. The standard InChI is InChI=1S/C12H9FO2/c1-8-4-5-9(13)7-10(8)12(14)11-3-2-6-15-11/h2-7H,1H3. The summed E-state index contributed by atoms with van der Waals surface area (Å²) in [4.78, 5) is 11.8. The van der Waals surface area contributed by atoms with Crippen LogP contribution in [-0.4, -0.2) is 5.78 Å². The van der Waals surface area contributed by atoms with Crippen LogP contribution in [0.4, 0.5) is 4.39 Å². The zero-order chi connectivity index (χ0) is 10.8. The second kappa shape index (κ2) is 3.69. The van der Waals surface area contributed by atoms with Gasteiger partial charge >= 0.3 is 0 Å². The molecule has 1 aromatic carbocycles. The van der Waals surface area contributed by atoms with E-state index in [-0.39, 0.29) is 11.5 Å². The lowest BCUT2D eigenvalue weighted by Gasteiger charge is -2.02. The zero-order valence-corrected chi connectivity index (χ0v) is 8.16. The summed E-state index contributed by atoms with van der Waals surface area (Å²) < 4.78 is 17.9. The Kier molecular flexibility index (Phi) is 2.37. The minimum absolute atomic E-state index is 0.226. The maximum Gasteiger partial charge on any atom is 0.228 e. The Morgan fingerprint density at radius 3 is 2.80 bits per heavy atom. The summed E-state index contributed by atoms with van der Waals surface area (Å²) in [6, 6.07) is 7.31. The molecule has 0 bridgehead atoms. The van der Waals surface area contributed by atoms with Crippen LogP contribution in [0.15, 0.2) is 41.0 Å². The molecule has 76 valence electrons. The molecule has 0 spiro atoms. The molecule has 0 fully saturated rings. The summed E-state index contributed by atoms with van der Waals surface area (Å²) in [6.07, 6.45) is 1.42. The minimum Gasteiger partial charge on any atom is -0.461 e. The number of carbonyl (C=O) groups excluding carboxylic acids is 1. The average Bonchev–Trinajstić information content (AvgIpc) is 2.74. The van der Waals surface area contributed by atoms with E-state index in [4.69, 9.17) is 4.42 Å². The molecule has 2 rings (SSSR count). The highest BCUT2D eigenvalue weighted by Crippen LogP contribution is 2.15. The van der Waals surface area contributed by atoms with Crippen LogP contribution >= 0.6 is 0 Å². The molecule has 0 N–H and O–H groups in total. The van der Waals surface area contributed by atoms with Gasteiger partial charge in [-0.3, -0.25) is 4.79 Å². The van der Waals surface area contributed by atoms with Crippen LogP contribution in [0.3, 0.4) is 0 Å². The summed E-state index contributed by atoms with van der Waals surface area (Å²) in [6.45, 7) is 1.76. The molecule has 15 heavy (non-hydrogen) atoms. The van der Waals surface area contributed by atoms with Crippen molar-refractivity contribution in [3.05, 3.63) is 59.3 Å². The van der Waals surface area contributed by atoms with Crippen molar-refractivity contribution >= 4 is 5.78 Å². The number of benzene rings is 1. The van der Waals surface area contributed by atoms with E-state index in [1.807, 2.05) is 0 Å². The fraction of sp³-hybridized carbons (Fsp3) is 0.0833. The Morgan fingerprint density at radius 2 is 2.13 bits per heavy atom. The van der Waals surface area contributed by atoms with Crippen LogP contribution in [0, 0.1) is 12.7 Å². The number of hydrogen-bond acceptors (Lipinski definition) is 2. The highest BCUT2D eigenvalue weighted by atomic mass is 19.1. The number of carbonyl (C=O) groups is 1. The molecule has 1 aromatic heterocycles. The molecule has 3 heteroatoms. The predicted molar refractivity (Wildman–Crippen MR) is 53.3 cm³/mol. The van der Waals surface area contributed by atoms with E-state index < -0.39 is 5.82 Å². The van der Waals surface area contributed by atoms with Gasteiger partial charge in [-0.15, -0.1) is 0 Å². The Balaban J connectivity index is 2.46. The molecule has 0 aliphatic rings. The summed E-state index contributed by atoms with van der Waals surface area (Å²) in [5, 5.41) is 0. The molecular formula is C12H9FO2. The van der Waals surface area contributed by atoms with Crippen LogP contribution in [-0.2, 0) is 0 Å². The first-order valence-electron chi connectivity index (χ1n) is 4.53. The van der Waals surface area contributed by atoms with Gasteiger partial charge in [-0.2, -0.15) is 0 Å².